The van der Waals surface area contributed by atoms with E-state index in [1.807, 2.05) is 24.3 Å². The van der Waals surface area contributed by atoms with Crippen LogP contribution in [0.1, 0.15) is 87.1 Å². The second-order valence-corrected chi connectivity index (χ2v) is 9.33. The number of aliphatic hydroxyl groups excluding tert-OH is 1. The van der Waals surface area contributed by atoms with Gasteiger partial charge in [-0.05, 0) is 37.7 Å². The van der Waals surface area contributed by atoms with Crippen molar-refractivity contribution in [3.8, 4) is 0 Å². The minimum Gasteiger partial charge on any atom is -0.392 e. The molecule has 2 fully saturated rings. The molecule has 0 saturated heterocycles. The molecule has 2 aliphatic carbocycles. The van der Waals surface area contributed by atoms with Crippen LogP contribution in [0.3, 0.4) is 0 Å². The summed E-state index contributed by atoms with van der Waals surface area (Å²) in [5.74, 6) is 0.378. The van der Waals surface area contributed by atoms with Crippen molar-refractivity contribution in [3.63, 3.8) is 0 Å². The normalized spacial score (nSPS) is 28.9. The largest absolute Gasteiger partial charge is 0.392 e. The molecule has 4 atom stereocenters. The molecule has 156 valence electrons. The Bertz CT molecular complexity index is 638. The fourth-order valence-electron chi connectivity index (χ4n) is 5.04. The van der Waals surface area contributed by atoms with Crippen molar-refractivity contribution >= 4 is 17.4 Å². The van der Waals surface area contributed by atoms with Crippen LogP contribution in [0.5, 0.6) is 0 Å². The van der Waals surface area contributed by atoms with Crippen molar-refractivity contribution < 1.29 is 14.6 Å². The lowest BCUT2D eigenvalue weighted by atomic mass is 9.62. The first-order valence-electron chi connectivity index (χ1n) is 11.1. The molecule has 1 N–H and O–H groups in total. The smallest absolute Gasteiger partial charge is 0.168 e. The Morgan fingerprint density at radius 2 is 1.93 bits per heavy atom. The first-order chi connectivity index (χ1) is 13.5. The number of benzene rings is 1. The molecule has 0 aliphatic heterocycles. The van der Waals surface area contributed by atoms with E-state index in [-0.39, 0.29) is 22.6 Å². The number of carbonyl (C=O) groups is 1. The van der Waals surface area contributed by atoms with Crippen molar-refractivity contribution in [3.05, 3.63) is 35.4 Å². The molecular weight excluding hydrogens is 372 g/mol. The van der Waals surface area contributed by atoms with E-state index >= 15 is 0 Å². The highest BCUT2D eigenvalue weighted by Gasteiger charge is 2.44. The lowest BCUT2D eigenvalue weighted by Gasteiger charge is -2.40. The summed E-state index contributed by atoms with van der Waals surface area (Å²) in [6, 6.07) is 7.95. The van der Waals surface area contributed by atoms with Gasteiger partial charge in [-0.15, -0.1) is 11.6 Å². The number of unbranched alkanes of at least 4 members (excludes halogenated alkanes) is 1. The van der Waals surface area contributed by atoms with Crippen LogP contribution in [0.25, 0.3) is 0 Å². The van der Waals surface area contributed by atoms with Crippen molar-refractivity contribution in [2.75, 3.05) is 13.2 Å². The second kappa shape index (κ2) is 9.73. The highest BCUT2D eigenvalue weighted by molar-refractivity contribution is 6.21. The van der Waals surface area contributed by atoms with Crippen LogP contribution >= 0.6 is 11.6 Å². The molecule has 1 aromatic rings. The maximum Gasteiger partial charge on any atom is 0.168 e. The first-order valence-corrected chi connectivity index (χ1v) is 11.5. The topological polar surface area (TPSA) is 46.5 Å². The molecule has 28 heavy (non-hydrogen) atoms. The molecular formula is C24H35ClO3. The Morgan fingerprint density at radius 3 is 2.50 bits per heavy atom. The van der Waals surface area contributed by atoms with Gasteiger partial charge in [0.25, 0.3) is 0 Å². The predicted octanol–water partition coefficient (Wildman–Crippen LogP) is 5.73. The van der Waals surface area contributed by atoms with Crippen molar-refractivity contribution in [2.24, 2.45) is 11.3 Å². The minimum atomic E-state index is -0.457. The SMILES string of the molecule is CCCCOCC1C(c2ccc(C(=O)C3(CCC)CCC3)cc2)[C@H](O)C[C@H]1Cl. The van der Waals surface area contributed by atoms with E-state index < -0.39 is 6.10 Å². The van der Waals surface area contributed by atoms with Gasteiger partial charge in [-0.25, -0.2) is 0 Å². The maximum absolute atomic E-state index is 13.1. The Morgan fingerprint density at radius 1 is 1.21 bits per heavy atom. The molecule has 0 radical (unpaired) electrons. The van der Waals surface area contributed by atoms with Gasteiger partial charge in [0, 0.05) is 34.8 Å². The molecule has 2 unspecified atom stereocenters. The number of aliphatic hydroxyl groups is 1. The Kier molecular flexibility index (Phi) is 7.58. The Balaban J connectivity index is 1.71. The zero-order chi connectivity index (χ0) is 20.1. The monoisotopic (exact) mass is 406 g/mol. The summed E-state index contributed by atoms with van der Waals surface area (Å²) in [7, 11) is 0. The summed E-state index contributed by atoms with van der Waals surface area (Å²) in [6.07, 6.45) is 7.53. The number of carbonyl (C=O) groups excluding carboxylic acids is 1. The number of rotatable bonds is 10. The zero-order valence-electron chi connectivity index (χ0n) is 17.3. The van der Waals surface area contributed by atoms with Gasteiger partial charge in [-0.3, -0.25) is 4.79 Å². The molecule has 0 spiro atoms. The van der Waals surface area contributed by atoms with Crippen LogP contribution in [-0.4, -0.2) is 35.6 Å². The van der Waals surface area contributed by atoms with E-state index in [0.29, 0.717) is 18.8 Å². The van der Waals surface area contributed by atoms with E-state index in [1.54, 1.807) is 0 Å². The van der Waals surface area contributed by atoms with Gasteiger partial charge in [0.2, 0.25) is 0 Å². The van der Waals surface area contributed by atoms with E-state index in [2.05, 4.69) is 13.8 Å². The molecule has 4 heteroatoms. The van der Waals surface area contributed by atoms with Crippen LogP contribution in [0, 0.1) is 11.3 Å². The molecule has 0 aromatic heterocycles. The number of halogens is 1. The van der Waals surface area contributed by atoms with Gasteiger partial charge in [-0.2, -0.15) is 0 Å². The van der Waals surface area contributed by atoms with Gasteiger partial charge >= 0.3 is 0 Å². The molecule has 1 aromatic carbocycles. The summed E-state index contributed by atoms with van der Waals surface area (Å²) in [5, 5.41) is 10.5. The average molecular weight is 407 g/mol. The van der Waals surface area contributed by atoms with Crippen LogP contribution < -0.4 is 0 Å². The zero-order valence-corrected chi connectivity index (χ0v) is 18.1. The van der Waals surface area contributed by atoms with E-state index in [9.17, 15) is 9.90 Å². The van der Waals surface area contributed by atoms with Gasteiger partial charge in [0.05, 0.1) is 12.7 Å². The van der Waals surface area contributed by atoms with Crippen molar-refractivity contribution in [1.29, 1.82) is 0 Å². The fourth-order valence-corrected chi connectivity index (χ4v) is 5.45. The number of ether oxygens (including phenoxy) is 1. The summed E-state index contributed by atoms with van der Waals surface area (Å²) in [6.45, 7) is 5.62. The van der Waals surface area contributed by atoms with Gasteiger partial charge in [-0.1, -0.05) is 57.4 Å². The third-order valence-corrected chi connectivity index (χ3v) is 7.34. The third kappa shape index (κ3) is 4.47. The van der Waals surface area contributed by atoms with E-state index in [0.717, 1.165) is 62.7 Å². The highest BCUT2D eigenvalue weighted by Crippen LogP contribution is 2.48. The number of ketones is 1. The summed E-state index contributed by atoms with van der Waals surface area (Å²) in [4.78, 5) is 13.1. The van der Waals surface area contributed by atoms with E-state index in [4.69, 9.17) is 16.3 Å². The molecule has 3 nitrogen and oxygen atoms in total. The number of hydrogen-bond donors (Lipinski definition) is 1. The summed E-state index contributed by atoms with van der Waals surface area (Å²) >= 11 is 6.54. The standard InChI is InChI=1S/C24H35ClO3/c1-3-5-14-28-16-19-20(25)15-21(26)22(19)17-7-9-18(10-8-17)23(27)24(11-4-2)12-6-13-24/h7-10,19-22,26H,3-6,11-16H2,1-2H3/t19?,20-,21-,22?/m1/s1. The summed E-state index contributed by atoms with van der Waals surface area (Å²) < 4.78 is 5.83. The molecule has 2 aliphatic rings. The first kappa shape index (κ1) is 21.8. The highest BCUT2D eigenvalue weighted by atomic mass is 35.5. The van der Waals surface area contributed by atoms with E-state index in [1.165, 1.54) is 0 Å². The molecule has 0 heterocycles. The molecule has 0 bridgehead atoms. The van der Waals surface area contributed by atoms with Crippen molar-refractivity contribution in [2.45, 2.75) is 82.6 Å². The molecule has 0 amide bonds. The quantitative estimate of drug-likeness (QED) is 0.306. The molecule has 3 rings (SSSR count). The van der Waals surface area contributed by atoms with Crippen LogP contribution in [0.15, 0.2) is 24.3 Å². The lowest BCUT2D eigenvalue weighted by Crippen LogP contribution is -2.38. The summed E-state index contributed by atoms with van der Waals surface area (Å²) in [5.41, 5.74) is 1.75. The lowest BCUT2D eigenvalue weighted by molar-refractivity contribution is 0.0577. The van der Waals surface area contributed by atoms with Crippen LogP contribution in [0.4, 0.5) is 0 Å². The van der Waals surface area contributed by atoms with Gasteiger partial charge in [0.15, 0.2) is 5.78 Å². The van der Waals surface area contributed by atoms with Gasteiger partial charge < -0.3 is 9.84 Å². The van der Waals surface area contributed by atoms with Crippen LogP contribution in [0.2, 0.25) is 0 Å². The average Bonchev–Trinajstić information content (AvgIpc) is 2.94. The number of hydrogen-bond acceptors (Lipinski definition) is 3. The number of alkyl halides is 1. The van der Waals surface area contributed by atoms with Crippen molar-refractivity contribution in [1.82, 2.24) is 0 Å². The number of Topliss-reactive ketones (excluding diaryl/α,β-unsaturated/α-hetero) is 1. The Hall–Kier alpha value is -0.900. The third-order valence-electron chi connectivity index (χ3n) is 6.84. The van der Waals surface area contributed by atoms with Crippen LogP contribution in [-0.2, 0) is 4.74 Å². The van der Waals surface area contributed by atoms with Gasteiger partial charge in [0.1, 0.15) is 0 Å². The minimum absolute atomic E-state index is 0.0263. The maximum atomic E-state index is 13.1. The predicted molar refractivity (Wildman–Crippen MR) is 114 cm³/mol. The fraction of sp³-hybridized carbons (Fsp3) is 0.708. The molecule has 2 saturated carbocycles. The second-order valence-electron chi connectivity index (χ2n) is 8.77. The Labute approximate surface area is 174 Å².